The van der Waals surface area contributed by atoms with Gasteiger partial charge in [-0.05, 0) is 38.8 Å². The van der Waals surface area contributed by atoms with Crippen LogP contribution in [0, 0.1) is 19.7 Å². The summed E-state index contributed by atoms with van der Waals surface area (Å²) < 4.78 is 29.9. The summed E-state index contributed by atoms with van der Waals surface area (Å²) in [5, 5.41) is 6.53. The summed E-state index contributed by atoms with van der Waals surface area (Å²) in [5.41, 5.74) is 1.70. The molecule has 1 fully saturated rings. The molecule has 1 aliphatic heterocycles. The minimum atomic E-state index is -0.447. The van der Waals surface area contributed by atoms with Gasteiger partial charge < -0.3 is 19.3 Å². The van der Waals surface area contributed by atoms with E-state index in [1.54, 1.807) is 13.8 Å². The first-order chi connectivity index (χ1) is 12.0. The molecule has 1 aromatic heterocycles. The highest BCUT2D eigenvalue weighted by molar-refractivity contribution is 5.93. The van der Waals surface area contributed by atoms with Gasteiger partial charge >= 0.3 is 0 Å². The van der Waals surface area contributed by atoms with E-state index in [0.29, 0.717) is 29.5 Å². The minimum absolute atomic E-state index is 0.0379. The van der Waals surface area contributed by atoms with Crippen molar-refractivity contribution in [2.45, 2.75) is 39.2 Å². The van der Waals surface area contributed by atoms with Crippen molar-refractivity contribution in [1.82, 2.24) is 5.16 Å². The molecule has 0 aliphatic carbocycles. The summed E-state index contributed by atoms with van der Waals surface area (Å²) in [7, 11) is 0. The Morgan fingerprint density at radius 1 is 1.44 bits per heavy atom. The lowest BCUT2D eigenvalue weighted by atomic mass is 10.1. The first-order valence-electron chi connectivity index (χ1n) is 8.28. The number of amides is 1. The Hall–Kier alpha value is -2.41. The highest BCUT2D eigenvalue weighted by Gasteiger charge is 2.18. The van der Waals surface area contributed by atoms with Gasteiger partial charge in [0, 0.05) is 18.2 Å². The van der Waals surface area contributed by atoms with Crippen LogP contribution in [0.1, 0.15) is 29.9 Å². The first-order valence-corrected chi connectivity index (χ1v) is 8.28. The molecule has 6 nitrogen and oxygen atoms in total. The van der Waals surface area contributed by atoms with Gasteiger partial charge in [-0.3, -0.25) is 4.79 Å². The molecule has 0 radical (unpaired) electrons. The molecule has 3 rings (SSSR count). The fourth-order valence-corrected chi connectivity index (χ4v) is 2.79. The van der Waals surface area contributed by atoms with Gasteiger partial charge in [0.2, 0.25) is 5.91 Å². The molecule has 0 spiro atoms. The topological polar surface area (TPSA) is 73.6 Å². The van der Waals surface area contributed by atoms with Crippen LogP contribution in [-0.4, -0.2) is 30.4 Å². The minimum Gasteiger partial charge on any atom is -0.489 e. The van der Waals surface area contributed by atoms with Gasteiger partial charge in [0.1, 0.15) is 23.9 Å². The number of anilines is 1. The van der Waals surface area contributed by atoms with E-state index < -0.39 is 5.82 Å². The third kappa shape index (κ3) is 4.36. The molecule has 0 saturated carbocycles. The van der Waals surface area contributed by atoms with Gasteiger partial charge in [0.15, 0.2) is 0 Å². The molecule has 25 heavy (non-hydrogen) atoms. The number of hydrogen-bond acceptors (Lipinski definition) is 5. The molecule has 1 aliphatic rings. The van der Waals surface area contributed by atoms with Crippen LogP contribution >= 0.6 is 0 Å². The molecule has 7 heteroatoms. The fraction of sp³-hybridized carbons (Fsp3) is 0.444. The lowest BCUT2D eigenvalue weighted by molar-refractivity contribution is -0.115. The monoisotopic (exact) mass is 348 g/mol. The van der Waals surface area contributed by atoms with E-state index in [1.807, 2.05) is 0 Å². The molecule has 1 saturated heterocycles. The molecular formula is C18H21FN2O4. The summed E-state index contributed by atoms with van der Waals surface area (Å²) in [6.45, 7) is 4.63. The van der Waals surface area contributed by atoms with Crippen molar-refractivity contribution in [2.24, 2.45) is 0 Å². The van der Waals surface area contributed by atoms with Crippen LogP contribution < -0.4 is 10.1 Å². The van der Waals surface area contributed by atoms with Crippen molar-refractivity contribution in [1.29, 1.82) is 0 Å². The number of carbonyl (C=O) groups is 1. The number of nitrogens with zero attached hydrogens (tertiary/aromatic N) is 1. The van der Waals surface area contributed by atoms with E-state index in [4.69, 9.17) is 14.0 Å². The van der Waals surface area contributed by atoms with E-state index >= 15 is 0 Å². The number of ether oxygens (including phenoxy) is 2. The number of rotatable bonds is 6. The van der Waals surface area contributed by atoms with Gasteiger partial charge in [-0.15, -0.1) is 0 Å². The molecule has 1 amide bonds. The lowest BCUT2D eigenvalue weighted by Gasteiger charge is -2.15. The van der Waals surface area contributed by atoms with Crippen molar-refractivity contribution in [3.8, 4) is 5.75 Å². The molecule has 2 heterocycles. The summed E-state index contributed by atoms with van der Waals surface area (Å²) >= 11 is 0. The second kappa shape index (κ2) is 7.65. The summed E-state index contributed by atoms with van der Waals surface area (Å²) in [4.78, 5) is 12.3. The fourth-order valence-electron chi connectivity index (χ4n) is 2.79. The highest BCUT2D eigenvalue weighted by atomic mass is 19.1. The molecule has 1 unspecified atom stereocenters. The SMILES string of the molecule is Cc1noc(C)c1CC(=O)Nc1cc(F)ccc1OCC1CCCO1. The number of aromatic nitrogens is 1. The van der Waals surface area contributed by atoms with E-state index in [-0.39, 0.29) is 18.4 Å². The van der Waals surface area contributed by atoms with Crippen molar-refractivity contribution in [3.63, 3.8) is 0 Å². The van der Waals surface area contributed by atoms with Gasteiger partial charge in [-0.25, -0.2) is 4.39 Å². The predicted molar refractivity (Wildman–Crippen MR) is 89.2 cm³/mol. The Labute approximate surface area is 145 Å². The number of benzene rings is 1. The maximum atomic E-state index is 13.6. The van der Waals surface area contributed by atoms with Crippen LogP contribution in [0.4, 0.5) is 10.1 Å². The van der Waals surface area contributed by atoms with Crippen molar-refractivity contribution >= 4 is 11.6 Å². The average molecular weight is 348 g/mol. The summed E-state index contributed by atoms with van der Waals surface area (Å²) in [5.74, 6) is 0.282. The van der Waals surface area contributed by atoms with E-state index in [0.717, 1.165) is 25.0 Å². The Morgan fingerprint density at radius 2 is 2.28 bits per heavy atom. The normalized spacial score (nSPS) is 16.8. The maximum Gasteiger partial charge on any atom is 0.229 e. The van der Waals surface area contributed by atoms with Gasteiger partial charge in [0.05, 0.1) is 23.9 Å². The van der Waals surface area contributed by atoms with Gasteiger partial charge in [-0.1, -0.05) is 5.16 Å². The smallest absolute Gasteiger partial charge is 0.229 e. The van der Waals surface area contributed by atoms with E-state index in [9.17, 15) is 9.18 Å². The number of halogens is 1. The van der Waals surface area contributed by atoms with Crippen LogP contribution in [0.25, 0.3) is 0 Å². The molecule has 0 bridgehead atoms. The van der Waals surface area contributed by atoms with E-state index in [2.05, 4.69) is 10.5 Å². The molecule has 2 aromatic rings. The number of hydrogen-bond donors (Lipinski definition) is 1. The highest BCUT2D eigenvalue weighted by Crippen LogP contribution is 2.27. The van der Waals surface area contributed by atoms with Gasteiger partial charge in [0.25, 0.3) is 0 Å². The zero-order chi connectivity index (χ0) is 17.8. The predicted octanol–water partition coefficient (Wildman–Crippen LogP) is 3.17. The molecule has 1 N–H and O–H groups in total. The average Bonchev–Trinajstić information content (AvgIpc) is 3.19. The Kier molecular flexibility index (Phi) is 5.33. The Bertz CT molecular complexity index is 734. The Balaban J connectivity index is 1.67. The zero-order valence-corrected chi connectivity index (χ0v) is 14.3. The third-order valence-electron chi connectivity index (χ3n) is 4.18. The molecular weight excluding hydrogens is 327 g/mol. The van der Waals surface area contributed by atoms with Gasteiger partial charge in [-0.2, -0.15) is 0 Å². The van der Waals surface area contributed by atoms with E-state index in [1.165, 1.54) is 18.2 Å². The van der Waals surface area contributed by atoms with Crippen LogP contribution in [0.15, 0.2) is 22.7 Å². The van der Waals surface area contributed by atoms with Crippen LogP contribution in [0.5, 0.6) is 5.75 Å². The lowest BCUT2D eigenvalue weighted by Crippen LogP contribution is -2.19. The van der Waals surface area contributed by atoms with Crippen LogP contribution in [-0.2, 0) is 16.0 Å². The second-order valence-electron chi connectivity index (χ2n) is 6.11. The summed E-state index contributed by atoms with van der Waals surface area (Å²) in [6, 6.07) is 4.06. The molecule has 1 atom stereocenters. The maximum absolute atomic E-state index is 13.6. The standard InChI is InChI=1S/C18H21FN2O4/c1-11-15(12(2)25-21-11)9-18(22)20-16-8-13(19)5-6-17(16)24-10-14-4-3-7-23-14/h5-6,8,14H,3-4,7,9-10H2,1-2H3,(H,20,22). The van der Waals surface area contributed by atoms with Crippen molar-refractivity contribution in [3.05, 3.63) is 41.0 Å². The second-order valence-corrected chi connectivity index (χ2v) is 6.11. The molecule has 134 valence electrons. The van der Waals surface area contributed by atoms with Crippen molar-refractivity contribution in [2.75, 3.05) is 18.5 Å². The zero-order valence-electron chi connectivity index (χ0n) is 14.3. The third-order valence-corrected chi connectivity index (χ3v) is 4.18. The largest absolute Gasteiger partial charge is 0.489 e. The van der Waals surface area contributed by atoms with Crippen LogP contribution in [0.2, 0.25) is 0 Å². The quantitative estimate of drug-likeness (QED) is 0.868. The Morgan fingerprint density at radius 3 is 2.96 bits per heavy atom. The summed E-state index contributed by atoms with van der Waals surface area (Å²) in [6.07, 6.45) is 2.09. The van der Waals surface area contributed by atoms with Crippen LogP contribution in [0.3, 0.4) is 0 Å². The van der Waals surface area contributed by atoms with Crippen molar-refractivity contribution < 1.29 is 23.2 Å². The number of carbonyl (C=O) groups excluding carboxylic acids is 1. The first kappa shape index (κ1) is 17.4. The number of aryl methyl sites for hydroxylation is 2. The molecule has 1 aromatic carbocycles. The number of nitrogens with one attached hydrogen (secondary N) is 1.